The SMILES string of the molecule is CC1=C(O)C(=O)C=C2C1=CC=C1C2(C)CC[C@@]2(C)C3C[C@](C)(NC(=O)C(=O)N4CC5(CCN(C)C5)C4)CC[C@]3(C)CC[C@]12C. The number of hydrogen-bond acceptors (Lipinski definition) is 5. The number of aliphatic hydroxyl groups is 1. The first-order valence-electron chi connectivity index (χ1n) is 16.9. The molecule has 2 heterocycles. The Morgan fingerprint density at radius 1 is 0.932 bits per heavy atom. The average Bonchev–Trinajstić information content (AvgIpc) is 3.35. The van der Waals surface area contributed by atoms with Gasteiger partial charge in [0.25, 0.3) is 0 Å². The van der Waals surface area contributed by atoms with Gasteiger partial charge in [-0.2, -0.15) is 0 Å². The third kappa shape index (κ3) is 3.93. The fourth-order valence-corrected chi connectivity index (χ4v) is 11.4. The number of amides is 2. The Kier molecular flexibility index (Phi) is 6.28. The van der Waals surface area contributed by atoms with E-state index >= 15 is 0 Å². The summed E-state index contributed by atoms with van der Waals surface area (Å²) in [6.07, 6.45) is 14.2. The summed E-state index contributed by atoms with van der Waals surface area (Å²) in [6, 6.07) is 0. The molecule has 7 heteroatoms. The highest BCUT2D eigenvalue weighted by Gasteiger charge is 2.67. The fraction of sp³-hybridized carbons (Fsp3) is 0.703. The minimum atomic E-state index is -0.439. The third-order valence-corrected chi connectivity index (χ3v) is 14.5. The number of nitrogens with one attached hydrogen (secondary N) is 1. The zero-order valence-electron chi connectivity index (χ0n) is 27.9. The lowest BCUT2D eigenvalue weighted by atomic mass is 9.35. The molecule has 6 atom stereocenters. The molecular weight excluding hydrogens is 550 g/mol. The van der Waals surface area contributed by atoms with E-state index in [0.29, 0.717) is 24.6 Å². The smallest absolute Gasteiger partial charge is 0.311 e. The van der Waals surface area contributed by atoms with Crippen LogP contribution in [0.2, 0.25) is 0 Å². The number of allylic oxidation sites excluding steroid dienone is 7. The molecule has 7 aliphatic rings. The van der Waals surface area contributed by atoms with Crippen LogP contribution < -0.4 is 5.32 Å². The number of carbonyl (C=O) groups excluding carboxylic acids is 3. The van der Waals surface area contributed by atoms with E-state index in [0.717, 1.165) is 75.6 Å². The number of aliphatic hydroxyl groups excluding tert-OH is 1. The molecule has 3 saturated carbocycles. The van der Waals surface area contributed by atoms with Gasteiger partial charge in [0.2, 0.25) is 5.78 Å². The minimum absolute atomic E-state index is 0.00227. The molecule has 0 aromatic heterocycles. The molecular formula is C37H51N3O4. The average molecular weight is 602 g/mol. The van der Waals surface area contributed by atoms with E-state index in [9.17, 15) is 19.5 Å². The summed E-state index contributed by atoms with van der Waals surface area (Å²) in [4.78, 5) is 43.6. The third-order valence-electron chi connectivity index (χ3n) is 14.5. The van der Waals surface area contributed by atoms with Gasteiger partial charge in [-0.1, -0.05) is 45.4 Å². The van der Waals surface area contributed by atoms with Gasteiger partial charge in [0.15, 0.2) is 5.76 Å². The van der Waals surface area contributed by atoms with Gasteiger partial charge < -0.3 is 20.2 Å². The van der Waals surface area contributed by atoms with Crippen LogP contribution in [0.25, 0.3) is 0 Å². The van der Waals surface area contributed by atoms with Crippen LogP contribution in [-0.4, -0.2) is 71.3 Å². The number of ketones is 1. The number of rotatable bonds is 1. The lowest BCUT2D eigenvalue weighted by Crippen LogP contribution is -2.66. The molecule has 44 heavy (non-hydrogen) atoms. The zero-order chi connectivity index (χ0) is 31.7. The Bertz CT molecular complexity index is 1500. The summed E-state index contributed by atoms with van der Waals surface area (Å²) < 4.78 is 0. The topological polar surface area (TPSA) is 89.9 Å². The lowest BCUT2D eigenvalue weighted by molar-refractivity contribution is -0.162. The van der Waals surface area contributed by atoms with E-state index in [1.807, 2.05) is 6.92 Å². The van der Waals surface area contributed by atoms with Crippen molar-refractivity contribution >= 4 is 17.6 Å². The van der Waals surface area contributed by atoms with Crippen molar-refractivity contribution in [2.75, 3.05) is 33.2 Å². The highest BCUT2D eigenvalue weighted by molar-refractivity contribution is 6.35. The molecule has 5 fully saturated rings. The number of carbonyl (C=O) groups is 3. The van der Waals surface area contributed by atoms with Gasteiger partial charge in [-0.25, -0.2) is 0 Å². The molecule has 0 radical (unpaired) electrons. The van der Waals surface area contributed by atoms with Gasteiger partial charge in [0, 0.05) is 41.6 Å². The Hall–Kier alpha value is -2.67. The summed E-state index contributed by atoms with van der Waals surface area (Å²) in [5.74, 6) is -0.849. The van der Waals surface area contributed by atoms with Gasteiger partial charge in [0.1, 0.15) is 0 Å². The number of fused-ring (bicyclic) bond motifs is 7. The Morgan fingerprint density at radius 3 is 2.32 bits per heavy atom. The molecule has 238 valence electrons. The van der Waals surface area contributed by atoms with Crippen LogP contribution >= 0.6 is 0 Å². The molecule has 5 aliphatic carbocycles. The quantitative estimate of drug-likeness (QED) is 0.380. The van der Waals surface area contributed by atoms with E-state index in [1.165, 1.54) is 5.57 Å². The largest absolute Gasteiger partial charge is 0.504 e. The Morgan fingerprint density at radius 2 is 1.64 bits per heavy atom. The molecule has 2 N–H and O–H groups in total. The lowest BCUT2D eigenvalue weighted by Gasteiger charge is -2.70. The molecule has 1 spiro atoms. The molecule has 2 aliphatic heterocycles. The van der Waals surface area contributed by atoms with Crippen molar-refractivity contribution in [3.05, 3.63) is 46.3 Å². The summed E-state index contributed by atoms with van der Waals surface area (Å²) in [5.41, 5.74) is 3.73. The zero-order valence-corrected chi connectivity index (χ0v) is 27.9. The summed E-state index contributed by atoms with van der Waals surface area (Å²) in [7, 11) is 2.13. The van der Waals surface area contributed by atoms with Gasteiger partial charge in [-0.3, -0.25) is 14.4 Å². The van der Waals surface area contributed by atoms with Crippen LogP contribution in [0.5, 0.6) is 0 Å². The normalized spacial score (nSPS) is 42.7. The van der Waals surface area contributed by atoms with E-state index in [1.54, 1.807) is 11.0 Å². The van der Waals surface area contributed by atoms with Gasteiger partial charge in [0.05, 0.1) is 0 Å². The van der Waals surface area contributed by atoms with Crippen molar-refractivity contribution in [1.29, 1.82) is 0 Å². The monoisotopic (exact) mass is 601 g/mol. The first-order valence-corrected chi connectivity index (χ1v) is 16.9. The Balaban J connectivity index is 1.14. The Labute approximate surface area is 262 Å². The van der Waals surface area contributed by atoms with E-state index in [4.69, 9.17) is 0 Å². The molecule has 0 aromatic carbocycles. The van der Waals surface area contributed by atoms with Gasteiger partial charge in [-0.05, 0) is 118 Å². The number of nitrogens with zero attached hydrogens (tertiary/aromatic N) is 2. The summed E-state index contributed by atoms with van der Waals surface area (Å²) >= 11 is 0. The summed E-state index contributed by atoms with van der Waals surface area (Å²) in [6.45, 7) is 17.2. The van der Waals surface area contributed by atoms with Crippen molar-refractivity contribution < 1.29 is 19.5 Å². The molecule has 0 aromatic rings. The van der Waals surface area contributed by atoms with Gasteiger partial charge >= 0.3 is 11.8 Å². The van der Waals surface area contributed by atoms with E-state index < -0.39 is 11.4 Å². The first-order chi connectivity index (χ1) is 20.5. The molecule has 7 nitrogen and oxygen atoms in total. The number of hydrogen-bond donors (Lipinski definition) is 2. The summed E-state index contributed by atoms with van der Waals surface area (Å²) in [5, 5.41) is 13.7. The maximum Gasteiger partial charge on any atom is 0.311 e. The highest BCUT2D eigenvalue weighted by Crippen LogP contribution is 2.75. The van der Waals surface area contributed by atoms with Crippen LogP contribution in [0.3, 0.4) is 0 Å². The predicted molar refractivity (Wildman–Crippen MR) is 170 cm³/mol. The van der Waals surface area contributed by atoms with Crippen molar-refractivity contribution in [1.82, 2.24) is 15.1 Å². The van der Waals surface area contributed by atoms with Crippen molar-refractivity contribution in [3.63, 3.8) is 0 Å². The van der Waals surface area contributed by atoms with Crippen LogP contribution in [-0.2, 0) is 14.4 Å². The second-order valence-electron chi connectivity index (χ2n) is 17.2. The first kappa shape index (κ1) is 30.0. The molecule has 2 unspecified atom stereocenters. The van der Waals surface area contributed by atoms with Crippen LogP contribution in [0.15, 0.2) is 46.3 Å². The second-order valence-corrected chi connectivity index (χ2v) is 17.2. The predicted octanol–water partition coefficient (Wildman–Crippen LogP) is 5.65. The highest BCUT2D eigenvalue weighted by atomic mass is 16.3. The fourth-order valence-electron chi connectivity index (χ4n) is 11.4. The van der Waals surface area contributed by atoms with Crippen LogP contribution in [0.1, 0.15) is 92.9 Å². The minimum Gasteiger partial charge on any atom is -0.504 e. The van der Waals surface area contributed by atoms with E-state index in [-0.39, 0.29) is 44.5 Å². The molecule has 2 amide bonds. The van der Waals surface area contributed by atoms with Crippen molar-refractivity contribution in [2.45, 2.75) is 98.4 Å². The van der Waals surface area contributed by atoms with Crippen molar-refractivity contribution in [2.24, 2.45) is 33.0 Å². The maximum absolute atomic E-state index is 13.4. The van der Waals surface area contributed by atoms with Crippen LogP contribution in [0, 0.1) is 33.0 Å². The molecule has 2 saturated heterocycles. The molecule has 7 rings (SSSR count). The van der Waals surface area contributed by atoms with Gasteiger partial charge in [-0.15, -0.1) is 0 Å². The number of likely N-dealkylation sites (tertiary alicyclic amines) is 2. The van der Waals surface area contributed by atoms with E-state index in [2.05, 4.69) is 64.0 Å². The molecule has 0 bridgehead atoms. The van der Waals surface area contributed by atoms with Crippen LogP contribution in [0.4, 0.5) is 0 Å². The maximum atomic E-state index is 13.4. The standard InChI is InChI=1S/C37H51N3O4/c1-23-24-8-9-27-34(4,25(24)18-26(41)29(23)42)13-15-36(6)28-19-33(3,12-10-32(28,2)11-14-35(27,36)5)38-30(43)31(44)40-21-37(22-40)16-17-39(7)20-37/h8-9,18,28,42H,10-17,19-22H2,1-7H3,(H,38,43)/t28?,32-,33-,34?,35-,36+/m1/s1. The second kappa shape index (κ2) is 9.20. The van der Waals surface area contributed by atoms with Crippen molar-refractivity contribution in [3.8, 4) is 0 Å².